The van der Waals surface area contributed by atoms with Crippen LogP contribution in [0, 0.1) is 5.92 Å². The lowest BCUT2D eigenvalue weighted by Crippen LogP contribution is -2.30. The van der Waals surface area contributed by atoms with E-state index in [-0.39, 0.29) is 5.56 Å². The van der Waals surface area contributed by atoms with Crippen LogP contribution >= 0.6 is 11.3 Å². The number of rotatable bonds is 7. The Balaban J connectivity index is 1.96. The lowest BCUT2D eigenvalue weighted by molar-refractivity contribution is -0.123. The van der Waals surface area contributed by atoms with Crippen molar-refractivity contribution in [1.82, 2.24) is 0 Å². The molecule has 2 rings (SSSR count). The summed E-state index contributed by atoms with van der Waals surface area (Å²) in [6.07, 6.45) is -0.0855. The van der Waals surface area contributed by atoms with E-state index in [2.05, 4.69) is 19.2 Å². The summed E-state index contributed by atoms with van der Waals surface area (Å²) in [6.45, 7) is 5.72. The number of nitrogens with two attached hydrogens (primary N) is 1. The first kappa shape index (κ1) is 19.7. The Morgan fingerprint density at radius 1 is 1.12 bits per heavy atom. The summed E-state index contributed by atoms with van der Waals surface area (Å²) in [5.74, 6) is -1.21. The molecule has 0 saturated carbocycles. The van der Waals surface area contributed by atoms with Crippen molar-refractivity contribution >= 4 is 34.1 Å². The van der Waals surface area contributed by atoms with Gasteiger partial charge in [-0.05, 0) is 48.4 Å². The molecule has 1 atom stereocenters. The van der Waals surface area contributed by atoms with Crippen LogP contribution in [0.5, 0.6) is 0 Å². The number of nitrogens with one attached hydrogen (secondary N) is 1. The van der Waals surface area contributed by atoms with Crippen molar-refractivity contribution < 1.29 is 19.1 Å². The smallest absolute Gasteiger partial charge is 0.338 e. The van der Waals surface area contributed by atoms with Gasteiger partial charge in [0.2, 0.25) is 0 Å². The molecular formula is C19H22N2O4S. The normalized spacial score (nSPS) is 11.8. The van der Waals surface area contributed by atoms with Crippen molar-refractivity contribution in [1.29, 1.82) is 0 Å². The number of benzene rings is 1. The van der Waals surface area contributed by atoms with Crippen molar-refractivity contribution in [2.24, 2.45) is 11.7 Å². The summed E-state index contributed by atoms with van der Waals surface area (Å²) in [5.41, 5.74) is 6.98. The molecular weight excluding hydrogens is 352 g/mol. The van der Waals surface area contributed by atoms with E-state index >= 15 is 0 Å². The minimum absolute atomic E-state index is 0.225. The van der Waals surface area contributed by atoms with Crippen molar-refractivity contribution in [2.45, 2.75) is 33.3 Å². The Kier molecular flexibility index (Phi) is 6.52. The van der Waals surface area contributed by atoms with E-state index in [1.54, 1.807) is 17.5 Å². The van der Waals surface area contributed by atoms with Crippen LogP contribution in [0.25, 0.3) is 0 Å². The quantitative estimate of drug-likeness (QED) is 0.727. The minimum atomic E-state index is -1.01. The highest BCUT2D eigenvalue weighted by Crippen LogP contribution is 2.23. The van der Waals surface area contributed by atoms with Gasteiger partial charge in [-0.1, -0.05) is 26.0 Å². The first-order valence-corrected chi connectivity index (χ1v) is 9.14. The molecule has 26 heavy (non-hydrogen) atoms. The molecule has 7 heteroatoms. The van der Waals surface area contributed by atoms with Crippen LogP contribution in [-0.2, 0) is 16.0 Å². The molecule has 1 heterocycles. The van der Waals surface area contributed by atoms with Crippen molar-refractivity contribution in [3.63, 3.8) is 0 Å². The Morgan fingerprint density at radius 3 is 2.35 bits per heavy atom. The van der Waals surface area contributed by atoms with Gasteiger partial charge >= 0.3 is 5.97 Å². The fourth-order valence-corrected chi connectivity index (χ4v) is 3.14. The van der Waals surface area contributed by atoms with Gasteiger partial charge in [-0.25, -0.2) is 4.79 Å². The molecule has 0 saturated heterocycles. The Morgan fingerprint density at radius 2 is 1.77 bits per heavy atom. The molecule has 0 aliphatic carbocycles. The first-order chi connectivity index (χ1) is 12.3. The number of anilines is 1. The highest BCUT2D eigenvalue weighted by Gasteiger charge is 2.21. The second kappa shape index (κ2) is 8.62. The molecule has 0 radical (unpaired) electrons. The number of amides is 2. The average Bonchev–Trinajstić information content (AvgIpc) is 3.03. The average molecular weight is 374 g/mol. The lowest BCUT2D eigenvalue weighted by atomic mass is 10.0. The third-order valence-electron chi connectivity index (χ3n) is 3.65. The molecule has 0 aliphatic rings. The number of thiophene rings is 1. The zero-order valence-corrected chi connectivity index (χ0v) is 15.8. The topological polar surface area (TPSA) is 98.5 Å². The van der Waals surface area contributed by atoms with Gasteiger partial charge in [-0.3, -0.25) is 9.59 Å². The van der Waals surface area contributed by atoms with Crippen LogP contribution in [0.1, 0.15) is 47.1 Å². The van der Waals surface area contributed by atoms with Crippen LogP contribution in [0.4, 0.5) is 5.00 Å². The zero-order valence-electron chi connectivity index (χ0n) is 14.9. The van der Waals surface area contributed by atoms with Crippen LogP contribution in [0.15, 0.2) is 35.7 Å². The molecule has 2 aromatic rings. The maximum Gasteiger partial charge on any atom is 0.338 e. The number of carbonyl (C=O) groups is 3. The highest BCUT2D eigenvalue weighted by atomic mass is 32.1. The summed E-state index contributed by atoms with van der Waals surface area (Å²) < 4.78 is 5.21. The maximum absolute atomic E-state index is 12.2. The highest BCUT2D eigenvalue weighted by molar-refractivity contribution is 7.14. The van der Waals surface area contributed by atoms with Crippen molar-refractivity contribution in [3.05, 3.63) is 52.4 Å². The predicted molar refractivity (Wildman–Crippen MR) is 101 cm³/mol. The lowest BCUT2D eigenvalue weighted by Gasteiger charge is -2.13. The molecule has 1 aromatic carbocycles. The fourth-order valence-electron chi connectivity index (χ4n) is 2.34. The van der Waals surface area contributed by atoms with E-state index in [0.29, 0.717) is 16.5 Å². The summed E-state index contributed by atoms with van der Waals surface area (Å²) in [4.78, 5) is 35.7. The van der Waals surface area contributed by atoms with Gasteiger partial charge in [0, 0.05) is 0 Å². The molecule has 0 aliphatic heterocycles. The third kappa shape index (κ3) is 5.16. The zero-order chi connectivity index (χ0) is 19.3. The van der Waals surface area contributed by atoms with E-state index in [9.17, 15) is 14.4 Å². The van der Waals surface area contributed by atoms with E-state index in [1.165, 1.54) is 24.3 Å². The van der Waals surface area contributed by atoms with Crippen LogP contribution < -0.4 is 11.1 Å². The maximum atomic E-state index is 12.2. The Bertz CT molecular complexity index is 796. The van der Waals surface area contributed by atoms with E-state index in [4.69, 9.17) is 10.5 Å². The SMILES string of the molecule is CC(C)Cc1ccc(C(=O)O[C@H](C)C(=O)Nc2sccc2C(N)=O)cc1. The van der Waals surface area contributed by atoms with Gasteiger partial charge in [0.05, 0.1) is 11.1 Å². The van der Waals surface area contributed by atoms with Crippen molar-refractivity contribution in [3.8, 4) is 0 Å². The molecule has 1 aromatic heterocycles. The molecule has 2 amide bonds. The summed E-state index contributed by atoms with van der Waals surface area (Å²) in [6, 6.07) is 8.67. The standard InChI is InChI=1S/C19H22N2O4S/c1-11(2)10-13-4-6-14(7-5-13)19(24)25-12(3)17(23)21-18-15(16(20)22)8-9-26-18/h4-9,11-12H,10H2,1-3H3,(H2,20,22)(H,21,23)/t12-/m1/s1. The number of primary amides is 1. The molecule has 0 spiro atoms. The molecule has 6 nitrogen and oxygen atoms in total. The number of ether oxygens (including phenoxy) is 1. The van der Waals surface area contributed by atoms with Gasteiger partial charge in [0.25, 0.3) is 11.8 Å². The largest absolute Gasteiger partial charge is 0.449 e. The Labute approximate surface area is 156 Å². The fraction of sp³-hybridized carbons (Fsp3) is 0.316. The predicted octanol–water partition coefficient (Wildman–Crippen LogP) is 3.23. The van der Waals surface area contributed by atoms with E-state index < -0.39 is 23.9 Å². The summed E-state index contributed by atoms with van der Waals surface area (Å²) in [5, 5.41) is 4.54. The van der Waals surface area contributed by atoms with Crippen LogP contribution in [-0.4, -0.2) is 23.9 Å². The first-order valence-electron chi connectivity index (χ1n) is 8.26. The number of hydrogen-bond acceptors (Lipinski definition) is 5. The second-order valence-electron chi connectivity index (χ2n) is 6.36. The number of hydrogen-bond donors (Lipinski definition) is 2. The van der Waals surface area contributed by atoms with Crippen molar-refractivity contribution in [2.75, 3.05) is 5.32 Å². The second-order valence-corrected chi connectivity index (χ2v) is 7.28. The third-order valence-corrected chi connectivity index (χ3v) is 4.48. The Hall–Kier alpha value is -2.67. The van der Waals surface area contributed by atoms with Gasteiger partial charge in [-0.2, -0.15) is 0 Å². The number of esters is 1. The van der Waals surface area contributed by atoms with Gasteiger partial charge in [0.1, 0.15) is 5.00 Å². The molecule has 3 N–H and O–H groups in total. The van der Waals surface area contributed by atoms with Gasteiger partial charge < -0.3 is 15.8 Å². The molecule has 0 fully saturated rings. The van der Waals surface area contributed by atoms with E-state index in [1.807, 2.05) is 12.1 Å². The van der Waals surface area contributed by atoms with E-state index in [0.717, 1.165) is 12.0 Å². The van der Waals surface area contributed by atoms with Gasteiger partial charge in [-0.15, -0.1) is 11.3 Å². The molecule has 138 valence electrons. The van der Waals surface area contributed by atoms with Gasteiger partial charge in [0.15, 0.2) is 6.10 Å². The molecule has 0 bridgehead atoms. The number of carbonyl (C=O) groups excluding carboxylic acids is 3. The van der Waals surface area contributed by atoms with Crippen LogP contribution in [0.3, 0.4) is 0 Å². The van der Waals surface area contributed by atoms with Crippen LogP contribution in [0.2, 0.25) is 0 Å². The molecule has 0 unspecified atom stereocenters. The summed E-state index contributed by atoms with van der Waals surface area (Å²) >= 11 is 1.17. The minimum Gasteiger partial charge on any atom is -0.449 e. The summed E-state index contributed by atoms with van der Waals surface area (Å²) in [7, 11) is 0. The monoisotopic (exact) mass is 374 g/mol.